The van der Waals surface area contributed by atoms with Crippen molar-refractivity contribution in [2.45, 2.75) is 11.3 Å². The van der Waals surface area contributed by atoms with Crippen molar-refractivity contribution in [1.29, 1.82) is 0 Å². The molecule has 1 heteroatoms. The van der Waals surface area contributed by atoms with E-state index in [1.165, 1.54) is 109 Å². The van der Waals surface area contributed by atoms with Gasteiger partial charge in [0.05, 0.1) is 0 Å². The van der Waals surface area contributed by atoms with E-state index in [-0.39, 0.29) is 0 Å². The van der Waals surface area contributed by atoms with Gasteiger partial charge in [-0.3, -0.25) is 0 Å². The van der Waals surface area contributed by atoms with Crippen molar-refractivity contribution < 1.29 is 0 Å². The quantitative estimate of drug-likeness (QED) is 0.166. The largest absolute Gasteiger partial charge is 0.125 e. The molecule has 0 fully saturated rings. The van der Waals surface area contributed by atoms with Gasteiger partial charge in [-0.15, -0.1) is 11.8 Å². The molecule has 0 aromatic heterocycles. The Labute approximate surface area is 313 Å². The minimum Gasteiger partial charge on any atom is -0.125 e. The Kier molecular flexibility index (Phi) is 7.03. The van der Waals surface area contributed by atoms with Crippen molar-refractivity contribution in [3.63, 3.8) is 0 Å². The second-order valence-electron chi connectivity index (χ2n) is 14.3. The van der Waals surface area contributed by atoms with Crippen LogP contribution >= 0.6 is 11.8 Å². The highest BCUT2D eigenvalue weighted by molar-refractivity contribution is 7.99. The number of hydrogen-bond acceptors (Lipinski definition) is 1. The van der Waals surface area contributed by atoms with Crippen molar-refractivity contribution >= 4 is 65.6 Å². The summed E-state index contributed by atoms with van der Waals surface area (Å²) >= 11 is 1.97. The van der Waals surface area contributed by atoms with Gasteiger partial charge in [-0.1, -0.05) is 158 Å². The van der Waals surface area contributed by atoms with E-state index in [1.54, 1.807) is 0 Å². The fraction of sp³-hybridized carbons (Fsp3) is 0.0385. The zero-order valence-electron chi connectivity index (χ0n) is 29.1. The zero-order valence-corrected chi connectivity index (χ0v) is 30.0. The first-order chi connectivity index (χ1) is 26.3. The molecule has 10 aromatic rings. The maximum atomic E-state index is 2.44. The zero-order chi connectivity index (χ0) is 34.9. The minimum absolute atomic E-state index is 1.08. The van der Waals surface area contributed by atoms with Crippen LogP contribution in [-0.2, 0) is 6.42 Å². The average molecular weight is 691 g/mol. The topological polar surface area (TPSA) is 0 Å². The van der Waals surface area contributed by atoms with Crippen LogP contribution in [0.3, 0.4) is 0 Å². The van der Waals surface area contributed by atoms with Crippen LogP contribution in [0.25, 0.3) is 98.4 Å². The first kappa shape index (κ1) is 30.5. The smallest absolute Gasteiger partial charge is 0.0151 e. The van der Waals surface area contributed by atoms with E-state index < -0.39 is 0 Å². The predicted octanol–water partition coefficient (Wildman–Crippen LogP) is 14.8. The number of thioether (sulfide) groups is 1. The fourth-order valence-corrected chi connectivity index (χ4v) is 9.94. The predicted molar refractivity (Wildman–Crippen MR) is 230 cm³/mol. The Morgan fingerprint density at radius 3 is 1.36 bits per heavy atom. The molecule has 0 bridgehead atoms. The maximum Gasteiger partial charge on any atom is 0.0151 e. The molecule has 10 aromatic carbocycles. The molecule has 1 heterocycles. The van der Waals surface area contributed by atoms with Gasteiger partial charge in [0.1, 0.15) is 0 Å². The summed E-state index contributed by atoms with van der Waals surface area (Å²) in [5, 5.41) is 13.1. The summed E-state index contributed by atoms with van der Waals surface area (Å²) in [4.78, 5) is 1.38. The molecule has 0 spiro atoms. The molecule has 0 radical (unpaired) electrons. The van der Waals surface area contributed by atoms with Gasteiger partial charge in [0, 0.05) is 10.6 Å². The van der Waals surface area contributed by atoms with E-state index in [2.05, 4.69) is 182 Å². The third-order valence-corrected chi connectivity index (χ3v) is 12.4. The monoisotopic (exact) mass is 690 g/mol. The van der Waals surface area contributed by atoms with E-state index in [4.69, 9.17) is 0 Å². The number of aryl methyl sites for hydroxylation is 1. The van der Waals surface area contributed by atoms with Crippen LogP contribution in [0.5, 0.6) is 0 Å². The van der Waals surface area contributed by atoms with Crippen LogP contribution in [0.4, 0.5) is 0 Å². The number of benzene rings is 10. The molecule has 0 saturated heterocycles. The highest BCUT2D eigenvalue weighted by Gasteiger charge is 2.18. The van der Waals surface area contributed by atoms with Crippen LogP contribution in [0.1, 0.15) is 5.56 Å². The molecule has 0 amide bonds. The number of hydrogen-bond donors (Lipinski definition) is 0. The lowest BCUT2D eigenvalue weighted by Crippen LogP contribution is -1.91. The van der Waals surface area contributed by atoms with Gasteiger partial charge in [-0.05, 0) is 135 Å². The molecular formula is C52H34S. The molecule has 0 nitrogen and oxygen atoms in total. The molecule has 53 heavy (non-hydrogen) atoms. The van der Waals surface area contributed by atoms with Crippen LogP contribution in [-0.4, -0.2) is 5.75 Å². The molecule has 1 aliphatic heterocycles. The minimum atomic E-state index is 1.08. The van der Waals surface area contributed by atoms with Gasteiger partial charge in [-0.2, -0.15) is 0 Å². The van der Waals surface area contributed by atoms with Crippen LogP contribution < -0.4 is 0 Å². The molecular weight excluding hydrogens is 657 g/mol. The van der Waals surface area contributed by atoms with Gasteiger partial charge < -0.3 is 0 Å². The van der Waals surface area contributed by atoms with E-state index >= 15 is 0 Å². The second kappa shape index (κ2) is 12.2. The summed E-state index contributed by atoms with van der Waals surface area (Å²) in [6.45, 7) is 0. The van der Waals surface area contributed by atoms with E-state index in [9.17, 15) is 0 Å². The number of rotatable bonds is 3. The molecule has 11 rings (SSSR count). The Hall–Kier alpha value is -6.15. The van der Waals surface area contributed by atoms with Crippen molar-refractivity contribution in [2.75, 3.05) is 5.75 Å². The summed E-state index contributed by atoms with van der Waals surface area (Å²) in [5.41, 5.74) is 11.6. The van der Waals surface area contributed by atoms with E-state index in [1.807, 2.05) is 11.8 Å². The molecule has 0 saturated carbocycles. The van der Waals surface area contributed by atoms with Gasteiger partial charge in [0.2, 0.25) is 0 Å². The maximum absolute atomic E-state index is 2.44. The van der Waals surface area contributed by atoms with Crippen molar-refractivity contribution in [3.05, 3.63) is 188 Å². The van der Waals surface area contributed by atoms with Crippen molar-refractivity contribution in [1.82, 2.24) is 0 Å². The van der Waals surface area contributed by atoms with E-state index in [0.29, 0.717) is 0 Å². The first-order valence-corrected chi connectivity index (χ1v) is 19.5. The lowest BCUT2D eigenvalue weighted by atomic mass is 9.86. The number of fused-ring (bicyclic) bond motifs is 14. The third-order valence-electron chi connectivity index (χ3n) is 11.3. The highest BCUT2D eigenvalue weighted by atomic mass is 32.2. The fourth-order valence-electron chi connectivity index (χ4n) is 8.89. The summed E-state index contributed by atoms with van der Waals surface area (Å²) in [6, 6.07) is 67.9. The molecule has 248 valence electrons. The van der Waals surface area contributed by atoms with Crippen LogP contribution in [0, 0.1) is 0 Å². The van der Waals surface area contributed by atoms with Crippen LogP contribution in [0.15, 0.2) is 187 Å². The summed E-state index contributed by atoms with van der Waals surface area (Å²) < 4.78 is 0. The standard InChI is InChI=1S/C52H34S/c1-4-19-46-41(15-1)42-16-2-6-21-48(42)52-49-32-38(24-26-44(49)43-17-3-5-20-47(43)51(46)52)36-14-10-12-34(30-36)33-11-9-13-35(29-33)37-23-25-40-39(31-37)27-28-53-50-22-8-7-18-45(40)50/h1-26,29-32H,27-28H2. The van der Waals surface area contributed by atoms with Crippen LogP contribution in [0.2, 0.25) is 0 Å². The normalized spacial score (nSPS) is 12.7. The molecule has 0 atom stereocenters. The lowest BCUT2D eigenvalue weighted by molar-refractivity contribution is 1.17. The Bertz CT molecular complexity index is 3080. The SMILES string of the molecule is c1cc(-c2cccc(-c3ccc4c5ccccc5c5c6ccccc6c6ccccc6c5c4c3)c2)cc(-c2ccc3c(c2)CCSc2ccccc2-3)c1. The van der Waals surface area contributed by atoms with Crippen molar-refractivity contribution in [2.24, 2.45) is 0 Å². The molecule has 0 unspecified atom stereocenters. The molecule has 0 N–H and O–H groups in total. The van der Waals surface area contributed by atoms with Gasteiger partial charge >= 0.3 is 0 Å². The van der Waals surface area contributed by atoms with Gasteiger partial charge in [0.25, 0.3) is 0 Å². The summed E-state index contributed by atoms with van der Waals surface area (Å²) in [6.07, 6.45) is 1.08. The Morgan fingerprint density at radius 1 is 0.302 bits per heavy atom. The third kappa shape index (κ3) is 4.92. The average Bonchev–Trinajstić information content (AvgIpc) is 3.42. The second-order valence-corrected chi connectivity index (χ2v) is 15.4. The van der Waals surface area contributed by atoms with E-state index in [0.717, 1.165) is 12.2 Å². The lowest BCUT2D eigenvalue weighted by Gasteiger charge is -2.17. The van der Waals surface area contributed by atoms with Crippen molar-refractivity contribution in [3.8, 4) is 44.5 Å². The van der Waals surface area contributed by atoms with Gasteiger partial charge in [0.15, 0.2) is 0 Å². The first-order valence-electron chi connectivity index (χ1n) is 18.5. The Morgan fingerprint density at radius 2 is 0.755 bits per heavy atom. The van der Waals surface area contributed by atoms with Gasteiger partial charge in [-0.25, -0.2) is 0 Å². The summed E-state index contributed by atoms with van der Waals surface area (Å²) in [7, 11) is 0. The summed E-state index contributed by atoms with van der Waals surface area (Å²) in [5.74, 6) is 1.11. The Balaban J connectivity index is 1.05. The molecule has 1 aliphatic rings. The molecule has 0 aliphatic carbocycles. The highest BCUT2D eigenvalue weighted by Crippen LogP contribution is 2.45.